The van der Waals surface area contributed by atoms with Crippen LogP contribution in [0, 0.1) is 12.7 Å². The number of hydrogen-bond acceptors (Lipinski definition) is 2. The topological polar surface area (TPSA) is 38.0 Å². The predicted octanol–water partition coefficient (Wildman–Crippen LogP) is 4.10. The van der Waals surface area contributed by atoms with Crippen molar-refractivity contribution < 1.29 is 4.39 Å². The van der Waals surface area contributed by atoms with E-state index in [0.717, 1.165) is 16.7 Å². The Morgan fingerprint density at radius 1 is 1.32 bits per heavy atom. The van der Waals surface area contributed by atoms with Crippen LogP contribution in [-0.2, 0) is 0 Å². The van der Waals surface area contributed by atoms with Crippen molar-refractivity contribution in [3.05, 3.63) is 68.4 Å². The molecule has 19 heavy (non-hydrogen) atoms. The van der Waals surface area contributed by atoms with E-state index in [1.165, 1.54) is 6.07 Å². The second-order valence-corrected chi connectivity index (χ2v) is 5.45. The largest absolute Gasteiger partial charge is 0.271 e. The van der Waals surface area contributed by atoms with Crippen LogP contribution in [0.25, 0.3) is 0 Å². The van der Waals surface area contributed by atoms with Gasteiger partial charge in [0.05, 0.1) is 10.5 Å². The first-order valence-electron chi connectivity index (χ1n) is 5.70. The molecule has 0 saturated carbocycles. The zero-order valence-electron chi connectivity index (χ0n) is 10.3. The maximum Gasteiger partial charge on any atom is 0.137 e. The van der Waals surface area contributed by atoms with E-state index in [1.54, 1.807) is 6.07 Å². The van der Waals surface area contributed by atoms with Crippen molar-refractivity contribution in [2.75, 3.05) is 0 Å². The van der Waals surface area contributed by atoms with Crippen molar-refractivity contribution in [2.45, 2.75) is 13.0 Å². The van der Waals surface area contributed by atoms with Gasteiger partial charge in [-0.05, 0) is 51.7 Å². The highest BCUT2D eigenvalue weighted by atomic mass is 79.9. The number of nitrogens with two attached hydrogens (primary N) is 1. The lowest BCUT2D eigenvalue weighted by Gasteiger charge is -2.19. The molecule has 0 spiro atoms. The lowest BCUT2D eigenvalue weighted by Crippen LogP contribution is -2.29. The van der Waals surface area contributed by atoms with Crippen LogP contribution in [0.2, 0.25) is 5.02 Å². The van der Waals surface area contributed by atoms with Crippen molar-refractivity contribution in [3.8, 4) is 0 Å². The smallest absolute Gasteiger partial charge is 0.137 e. The van der Waals surface area contributed by atoms with Crippen LogP contribution in [0.4, 0.5) is 4.39 Å². The number of benzene rings is 2. The minimum absolute atomic E-state index is 0.323. The Bertz CT molecular complexity index is 604. The SMILES string of the molecule is Cc1ccc(C(NN)c2cccc(F)c2Br)cc1Cl. The lowest BCUT2D eigenvalue weighted by atomic mass is 9.98. The molecular formula is C14H13BrClFN2. The summed E-state index contributed by atoms with van der Waals surface area (Å²) in [7, 11) is 0. The molecule has 0 amide bonds. The molecule has 0 aromatic heterocycles. The average Bonchev–Trinajstić information content (AvgIpc) is 2.39. The van der Waals surface area contributed by atoms with Crippen molar-refractivity contribution in [2.24, 2.45) is 5.84 Å². The number of halogens is 3. The summed E-state index contributed by atoms with van der Waals surface area (Å²) in [6.07, 6.45) is 0. The molecule has 2 aromatic rings. The van der Waals surface area contributed by atoms with E-state index in [9.17, 15) is 4.39 Å². The van der Waals surface area contributed by atoms with E-state index in [2.05, 4.69) is 21.4 Å². The summed E-state index contributed by atoms with van der Waals surface area (Å²) in [5, 5.41) is 0.658. The number of aryl methyl sites for hydroxylation is 1. The van der Waals surface area contributed by atoms with Crippen LogP contribution in [0.5, 0.6) is 0 Å². The summed E-state index contributed by atoms with van der Waals surface area (Å²) in [4.78, 5) is 0. The van der Waals surface area contributed by atoms with Gasteiger partial charge in [0.2, 0.25) is 0 Å². The summed E-state index contributed by atoms with van der Waals surface area (Å²) in [5.74, 6) is 5.28. The van der Waals surface area contributed by atoms with Crippen LogP contribution in [-0.4, -0.2) is 0 Å². The molecule has 0 heterocycles. The van der Waals surface area contributed by atoms with Gasteiger partial charge in [0.25, 0.3) is 0 Å². The van der Waals surface area contributed by atoms with E-state index < -0.39 is 0 Å². The van der Waals surface area contributed by atoms with Crippen LogP contribution in [0.1, 0.15) is 22.7 Å². The normalized spacial score (nSPS) is 12.5. The standard InChI is InChI=1S/C14H13BrClFN2/c1-8-5-6-9(7-11(8)16)14(19-18)10-3-2-4-12(17)13(10)15/h2-7,14,19H,18H2,1H3. The molecule has 0 aliphatic rings. The van der Waals surface area contributed by atoms with Crippen LogP contribution in [0.15, 0.2) is 40.9 Å². The summed E-state index contributed by atoms with van der Waals surface area (Å²) in [5.41, 5.74) is 5.28. The summed E-state index contributed by atoms with van der Waals surface area (Å²) in [6.45, 7) is 1.93. The Kier molecular flexibility index (Phi) is 4.58. The first-order chi connectivity index (χ1) is 9.04. The molecule has 2 aromatic carbocycles. The van der Waals surface area contributed by atoms with Gasteiger partial charge >= 0.3 is 0 Å². The van der Waals surface area contributed by atoms with Crippen molar-refractivity contribution in [3.63, 3.8) is 0 Å². The van der Waals surface area contributed by atoms with Gasteiger partial charge in [-0.2, -0.15) is 0 Å². The first-order valence-corrected chi connectivity index (χ1v) is 6.87. The monoisotopic (exact) mass is 342 g/mol. The molecule has 1 atom stereocenters. The molecule has 0 aliphatic heterocycles. The average molecular weight is 344 g/mol. The van der Waals surface area contributed by atoms with E-state index in [-0.39, 0.29) is 11.9 Å². The second-order valence-electron chi connectivity index (χ2n) is 4.25. The Hall–Kier alpha value is -0.940. The number of hydrogen-bond donors (Lipinski definition) is 2. The fourth-order valence-electron chi connectivity index (χ4n) is 1.90. The van der Waals surface area contributed by atoms with E-state index >= 15 is 0 Å². The lowest BCUT2D eigenvalue weighted by molar-refractivity contribution is 0.597. The summed E-state index contributed by atoms with van der Waals surface area (Å²) < 4.78 is 14.0. The second kappa shape index (κ2) is 6.01. The zero-order valence-corrected chi connectivity index (χ0v) is 12.6. The van der Waals surface area contributed by atoms with Gasteiger partial charge in [-0.3, -0.25) is 5.84 Å². The Morgan fingerprint density at radius 3 is 2.68 bits per heavy atom. The summed E-state index contributed by atoms with van der Waals surface area (Å²) >= 11 is 9.37. The summed E-state index contributed by atoms with van der Waals surface area (Å²) in [6, 6.07) is 10.2. The fourth-order valence-corrected chi connectivity index (χ4v) is 2.58. The molecule has 100 valence electrons. The third-order valence-electron chi connectivity index (χ3n) is 2.99. The molecular weight excluding hydrogens is 331 g/mol. The highest BCUT2D eigenvalue weighted by molar-refractivity contribution is 9.10. The number of hydrazine groups is 1. The Balaban J connectivity index is 2.50. The van der Waals surface area contributed by atoms with Crippen molar-refractivity contribution in [1.82, 2.24) is 5.43 Å². The van der Waals surface area contributed by atoms with E-state index in [4.69, 9.17) is 17.4 Å². The quantitative estimate of drug-likeness (QED) is 0.650. The molecule has 2 rings (SSSR count). The third-order valence-corrected chi connectivity index (χ3v) is 4.23. The zero-order chi connectivity index (χ0) is 14.0. The van der Waals surface area contributed by atoms with E-state index in [1.807, 2.05) is 31.2 Å². The van der Waals surface area contributed by atoms with Gasteiger partial charge in [-0.1, -0.05) is 35.9 Å². The maximum absolute atomic E-state index is 13.6. The van der Waals surface area contributed by atoms with Crippen LogP contribution < -0.4 is 11.3 Å². The van der Waals surface area contributed by atoms with Gasteiger partial charge in [0, 0.05) is 5.02 Å². The number of nitrogens with one attached hydrogen (secondary N) is 1. The van der Waals surface area contributed by atoms with Crippen LogP contribution >= 0.6 is 27.5 Å². The molecule has 0 saturated heterocycles. The first kappa shape index (κ1) is 14.5. The van der Waals surface area contributed by atoms with Gasteiger partial charge in [0.15, 0.2) is 0 Å². The molecule has 5 heteroatoms. The minimum Gasteiger partial charge on any atom is -0.271 e. The van der Waals surface area contributed by atoms with Crippen molar-refractivity contribution >= 4 is 27.5 Å². The Labute approximate surface area is 124 Å². The molecule has 2 nitrogen and oxygen atoms in total. The molecule has 0 fully saturated rings. The molecule has 0 bridgehead atoms. The van der Waals surface area contributed by atoms with Gasteiger partial charge in [-0.15, -0.1) is 0 Å². The molecule has 3 N–H and O–H groups in total. The third kappa shape index (κ3) is 2.98. The van der Waals surface area contributed by atoms with Gasteiger partial charge in [-0.25, -0.2) is 9.82 Å². The highest BCUT2D eigenvalue weighted by Gasteiger charge is 2.17. The fraction of sp³-hybridized carbons (Fsp3) is 0.143. The minimum atomic E-state index is -0.330. The Morgan fingerprint density at radius 2 is 2.05 bits per heavy atom. The van der Waals surface area contributed by atoms with Crippen LogP contribution in [0.3, 0.4) is 0 Å². The van der Waals surface area contributed by atoms with Gasteiger partial charge < -0.3 is 0 Å². The van der Waals surface area contributed by atoms with E-state index in [0.29, 0.717) is 9.50 Å². The molecule has 0 radical (unpaired) electrons. The van der Waals surface area contributed by atoms with Crippen molar-refractivity contribution in [1.29, 1.82) is 0 Å². The maximum atomic E-state index is 13.6. The number of rotatable bonds is 3. The highest BCUT2D eigenvalue weighted by Crippen LogP contribution is 2.31. The predicted molar refractivity (Wildman–Crippen MR) is 79.5 cm³/mol. The van der Waals surface area contributed by atoms with Gasteiger partial charge in [0.1, 0.15) is 5.82 Å². The molecule has 1 unspecified atom stereocenters. The molecule has 0 aliphatic carbocycles.